The molecule has 3 nitrogen and oxygen atoms in total. The Morgan fingerprint density at radius 1 is 1.22 bits per heavy atom. The minimum Gasteiger partial charge on any atom is -0.369 e. The molecular weight excluding hydrogens is 224 g/mol. The number of nitrogens with zero attached hydrogens (tertiary/aromatic N) is 1. The molecule has 0 bridgehead atoms. The van der Waals surface area contributed by atoms with Crippen LogP contribution in [0, 0.1) is 13.8 Å². The van der Waals surface area contributed by atoms with Gasteiger partial charge in [-0.05, 0) is 48.2 Å². The largest absolute Gasteiger partial charge is 0.369 e. The number of hydrogen-bond donors (Lipinski definition) is 1. The highest BCUT2D eigenvalue weighted by atomic mass is 16.1. The molecule has 2 rings (SSSR count). The highest BCUT2D eigenvalue weighted by molar-refractivity contribution is 5.77. The second-order valence-corrected chi connectivity index (χ2v) is 4.48. The van der Waals surface area contributed by atoms with Crippen LogP contribution in [0.15, 0.2) is 36.5 Å². The van der Waals surface area contributed by atoms with E-state index >= 15 is 0 Å². The summed E-state index contributed by atoms with van der Waals surface area (Å²) in [5.41, 5.74) is 10.6. The van der Waals surface area contributed by atoms with Gasteiger partial charge in [-0.15, -0.1) is 0 Å². The number of aromatic nitrogens is 1. The average Bonchev–Trinajstić information content (AvgIpc) is 2.28. The molecule has 0 aliphatic heterocycles. The number of pyridine rings is 1. The lowest BCUT2D eigenvalue weighted by Crippen LogP contribution is -2.13. The fourth-order valence-corrected chi connectivity index (χ4v) is 2.07. The van der Waals surface area contributed by atoms with E-state index in [1.807, 2.05) is 38.1 Å². The zero-order valence-electron chi connectivity index (χ0n) is 10.6. The monoisotopic (exact) mass is 240 g/mol. The third-order valence-corrected chi connectivity index (χ3v) is 2.88. The molecule has 1 aromatic heterocycles. The lowest BCUT2D eigenvalue weighted by atomic mass is 9.97. The quantitative estimate of drug-likeness (QED) is 0.895. The van der Waals surface area contributed by atoms with E-state index < -0.39 is 0 Å². The summed E-state index contributed by atoms with van der Waals surface area (Å²) in [7, 11) is 0. The van der Waals surface area contributed by atoms with Gasteiger partial charge in [0.05, 0.1) is 6.42 Å². The Kier molecular flexibility index (Phi) is 3.42. The zero-order valence-corrected chi connectivity index (χ0v) is 10.6. The van der Waals surface area contributed by atoms with Gasteiger partial charge in [0.1, 0.15) is 0 Å². The molecule has 1 heterocycles. The predicted molar refractivity (Wildman–Crippen MR) is 72.0 cm³/mol. The first kappa shape index (κ1) is 12.3. The smallest absolute Gasteiger partial charge is 0.221 e. The van der Waals surface area contributed by atoms with Gasteiger partial charge >= 0.3 is 0 Å². The number of hydrogen-bond acceptors (Lipinski definition) is 2. The zero-order chi connectivity index (χ0) is 13.1. The van der Waals surface area contributed by atoms with Crippen molar-refractivity contribution < 1.29 is 4.79 Å². The Balaban J connectivity index is 2.38. The third-order valence-electron chi connectivity index (χ3n) is 2.88. The molecule has 0 atom stereocenters. The molecule has 3 heteroatoms. The molecule has 0 aliphatic rings. The normalized spacial score (nSPS) is 10.3. The summed E-state index contributed by atoms with van der Waals surface area (Å²) in [6, 6.07) is 10.0. The standard InChI is InChI=1S/C15H16N2O/c1-10-7-12(9-15(16)18)3-4-14(10)13-5-6-17-11(2)8-13/h3-8H,9H2,1-2H3,(H2,16,18). The lowest BCUT2D eigenvalue weighted by molar-refractivity contribution is -0.117. The number of benzene rings is 1. The first-order valence-corrected chi connectivity index (χ1v) is 5.87. The van der Waals surface area contributed by atoms with Crippen molar-refractivity contribution in [3.05, 3.63) is 53.3 Å². The number of primary amides is 1. The Bertz CT molecular complexity index is 591. The van der Waals surface area contributed by atoms with E-state index in [1.165, 1.54) is 0 Å². The maximum absolute atomic E-state index is 10.9. The lowest BCUT2D eigenvalue weighted by Gasteiger charge is -2.08. The summed E-state index contributed by atoms with van der Waals surface area (Å²) in [5, 5.41) is 0. The minimum atomic E-state index is -0.304. The Labute approximate surface area is 107 Å². The number of nitrogens with two attached hydrogens (primary N) is 1. The van der Waals surface area contributed by atoms with E-state index in [9.17, 15) is 4.79 Å². The van der Waals surface area contributed by atoms with Crippen molar-refractivity contribution in [1.29, 1.82) is 0 Å². The summed E-state index contributed by atoms with van der Waals surface area (Å²) in [6.07, 6.45) is 2.10. The van der Waals surface area contributed by atoms with Gasteiger partial charge in [0.25, 0.3) is 0 Å². The molecule has 0 fully saturated rings. The van der Waals surface area contributed by atoms with Crippen LogP contribution in [-0.4, -0.2) is 10.9 Å². The fraction of sp³-hybridized carbons (Fsp3) is 0.200. The van der Waals surface area contributed by atoms with Crippen LogP contribution in [-0.2, 0) is 11.2 Å². The first-order valence-electron chi connectivity index (χ1n) is 5.87. The summed E-state index contributed by atoms with van der Waals surface area (Å²) in [6.45, 7) is 4.01. The van der Waals surface area contributed by atoms with Gasteiger partial charge in [0.2, 0.25) is 5.91 Å². The van der Waals surface area contributed by atoms with Crippen LogP contribution in [0.4, 0.5) is 0 Å². The molecule has 18 heavy (non-hydrogen) atoms. The first-order chi connectivity index (χ1) is 8.56. The second-order valence-electron chi connectivity index (χ2n) is 4.48. The average molecular weight is 240 g/mol. The van der Waals surface area contributed by atoms with Crippen molar-refractivity contribution >= 4 is 5.91 Å². The second kappa shape index (κ2) is 5.00. The fourth-order valence-electron chi connectivity index (χ4n) is 2.07. The molecule has 0 saturated carbocycles. The highest BCUT2D eigenvalue weighted by Crippen LogP contribution is 2.24. The number of carbonyl (C=O) groups excluding carboxylic acids is 1. The minimum absolute atomic E-state index is 0.288. The maximum atomic E-state index is 10.9. The van der Waals surface area contributed by atoms with Crippen molar-refractivity contribution in [3.8, 4) is 11.1 Å². The van der Waals surface area contributed by atoms with Gasteiger partial charge in [-0.25, -0.2) is 0 Å². The van der Waals surface area contributed by atoms with Crippen LogP contribution >= 0.6 is 0 Å². The summed E-state index contributed by atoms with van der Waals surface area (Å²) < 4.78 is 0. The molecule has 2 N–H and O–H groups in total. The van der Waals surface area contributed by atoms with Crippen molar-refractivity contribution in [3.63, 3.8) is 0 Å². The van der Waals surface area contributed by atoms with E-state index in [2.05, 4.69) is 11.1 Å². The number of carbonyl (C=O) groups is 1. The number of amides is 1. The van der Waals surface area contributed by atoms with Gasteiger partial charge < -0.3 is 5.73 Å². The Morgan fingerprint density at radius 2 is 2.00 bits per heavy atom. The van der Waals surface area contributed by atoms with Crippen LogP contribution < -0.4 is 5.73 Å². The van der Waals surface area contributed by atoms with E-state index in [0.29, 0.717) is 0 Å². The molecule has 2 aromatic rings. The van der Waals surface area contributed by atoms with Crippen molar-refractivity contribution in [1.82, 2.24) is 4.98 Å². The molecule has 1 aromatic carbocycles. The SMILES string of the molecule is Cc1cc(-c2ccc(CC(N)=O)cc2C)ccn1. The van der Waals surface area contributed by atoms with Crippen molar-refractivity contribution in [2.24, 2.45) is 5.73 Å². The molecule has 0 unspecified atom stereocenters. The van der Waals surface area contributed by atoms with Gasteiger partial charge in [-0.3, -0.25) is 9.78 Å². The Hall–Kier alpha value is -2.16. The molecule has 0 aliphatic carbocycles. The van der Waals surface area contributed by atoms with Crippen molar-refractivity contribution in [2.45, 2.75) is 20.3 Å². The van der Waals surface area contributed by atoms with E-state index in [-0.39, 0.29) is 12.3 Å². The van der Waals surface area contributed by atoms with Crippen molar-refractivity contribution in [2.75, 3.05) is 0 Å². The molecular formula is C15H16N2O. The van der Waals surface area contributed by atoms with E-state index in [4.69, 9.17) is 5.73 Å². The van der Waals surface area contributed by atoms with Crippen LogP contribution in [0.3, 0.4) is 0 Å². The molecule has 0 saturated heterocycles. The summed E-state index contributed by atoms with van der Waals surface area (Å²) in [5.74, 6) is -0.304. The van der Waals surface area contributed by atoms with Gasteiger partial charge in [-0.2, -0.15) is 0 Å². The van der Waals surface area contributed by atoms with Crippen LogP contribution in [0.1, 0.15) is 16.8 Å². The van der Waals surface area contributed by atoms with Crippen LogP contribution in [0.25, 0.3) is 11.1 Å². The molecule has 92 valence electrons. The van der Waals surface area contributed by atoms with E-state index in [0.717, 1.165) is 27.9 Å². The van der Waals surface area contributed by atoms with Crippen LogP contribution in [0.5, 0.6) is 0 Å². The number of aryl methyl sites for hydroxylation is 2. The van der Waals surface area contributed by atoms with Gasteiger partial charge in [-0.1, -0.05) is 18.2 Å². The van der Waals surface area contributed by atoms with E-state index in [1.54, 1.807) is 6.20 Å². The third kappa shape index (κ3) is 2.74. The number of rotatable bonds is 3. The highest BCUT2D eigenvalue weighted by Gasteiger charge is 2.05. The maximum Gasteiger partial charge on any atom is 0.221 e. The summed E-state index contributed by atoms with van der Waals surface area (Å²) >= 11 is 0. The topological polar surface area (TPSA) is 56.0 Å². The van der Waals surface area contributed by atoms with Gasteiger partial charge in [0.15, 0.2) is 0 Å². The molecule has 1 amide bonds. The molecule has 0 spiro atoms. The summed E-state index contributed by atoms with van der Waals surface area (Å²) in [4.78, 5) is 15.1. The van der Waals surface area contributed by atoms with Crippen LogP contribution in [0.2, 0.25) is 0 Å². The molecule has 0 radical (unpaired) electrons. The Morgan fingerprint density at radius 3 is 2.61 bits per heavy atom. The van der Waals surface area contributed by atoms with Gasteiger partial charge in [0, 0.05) is 11.9 Å². The predicted octanol–water partition coefficient (Wildman–Crippen LogP) is 2.39.